The molecule has 32 heavy (non-hydrogen) atoms. The van der Waals surface area contributed by atoms with E-state index in [1.54, 1.807) is 37.4 Å². The zero-order valence-corrected chi connectivity index (χ0v) is 18.2. The van der Waals surface area contributed by atoms with E-state index in [2.05, 4.69) is 25.9 Å². The number of rotatable bonds is 5. The number of benzene rings is 2. The van der Waals surface area contributed by atoms with E-state index in [1.807, 2.05) is 0 Å². The molecular formula is C21H17Cl2N5O4. The van der Waals surface area contributed by atoms with Crippen molar-refractivity contribution in [1.29, 1.82) is 0 Å². The lowest BCUT2D eigenvalue weighted by molar-refractivity contribution is -0.123. The summed E-state index contributed by atoms with van der Waals surface area (Å²) in [6.45, 7) is 0. The Kier molecular flexibility index (Phi) is 6.02. The van der Waals surface area contributed by atoms with Crippen LogP contribution in [0.3, 0.4) is 0 Å². The van der Waals surface area contributed by atoms with Crippen LogP contribution in [0.1, 0.15) is 17.9 Å². The molecule has 1 aliphatic rings. The Morgan fingerprint density at radius 1 is 1.16 bits per heavy atom. The lowest BCUT2D eigenvalue weighted by Gasteiger charge is -2.24. The third-order valence-electron chi connectivity index (χ3n) is 4.81. The van der Waals surface area contributed by atoms with E-state index in [0.717, 1.165) is 0 Å². The highest BCUT2D eigenvalue weighted by atomic mass is 35.5. The minimum atomic E-state index is -1.06. The Hall–Kier alpha value is -3.56. The number of H-pyrrole nitrogens is 1. The van der Waals surface area contributed by atoms with E-state index < -0.39 is 23.3 Å². The second-order valence-electron chi connectivity index (χ2n) is 6.95. The van der Waals surface area contributed by atoms with Gasteiger partial charge >= 0.3 is 0 Å². The number of anilines is 4. The van der Waals surface area contributed by atoms with Gasteiger partial charge in [-0.25, -0.2) is 0 Å². The van der Waals surface area contributed by atoms with Crippen molar-refractivity contribution < 1.29 is 14.3 Å². The summed E-state index contributed by atoms with van der Waals surface area (Å²) >= 11 is 12.1. The van der Waals surface area contributed by atoms with Gasteiger partial charge in [0.25, 0.3) is 5.56 Å². The molecule has 1 aromatic heterocycles. The molecule has 0 saturated heterocycles. The number of hydrogen-bond acceptors (Lipinski definition) is 6. The highest BCUT2D eigenvalue weighted by Gasteiger charge is 2.35. The Morgan fingerprint density at radius 2 is 1.91 bits per heavy atom. The van der Waals surface area contributed by atoms with Crippen molar-refractivity contribution >= 4 is 58.2 Å². The van der Waals surface area contributed by atoms with E-state index >= 15 is 0 Å². The van der Waals surface area contributed by atoms with Crippen LogP contribution in [0.4, 0.5) is 23.1 Å². The monoisotopic (exact) mass is 473 g/mol. The molecule has 0 saturated carbocycles. The summed E-state index contributed by atoms with van der Waals surface area (Å²) in [7, 11) is 1.56. The molecule has 0 aliphatic carbocycles. The summed E-state index contributed by atoms with van der Waals surface area (Å²) in [5.74, 6) is -1.28. The van der Waals surface area contributed by atoms with E-state index in [4.69, 9.17) is 27.9 Å². The number of methoxy groups -OCH3 is 1. The smallest absolute Gasteiger partial charge is 0.258 e. The molecule has 164 valence electrons. The molecule has 3 aromatic rings. The number of aromatic amines is 1. The summed E-state index contributed by atoms with van der Waals surface area (Å²) in [5, 5.41) is 8.79. The van der Waals surface area contributed by atoms with Gasteiger partial charge in [-0.2, -0.15) is 4.98 Å². The lowest BCUT2D eigenvalue weighted by Crippen LogP contribution is -2.36. The first kappa shape index (κ1) is 21.7. The number of carbonyl (C=O) groups is 2. The number of halogens is 2. The third-order valence-corrected chi connectivity index (χ3v) is 5.37. The van der Waals surface area contributed by atoms with Gasteiger partial charge in [0.1, 0.15) is 11.6 Å². The Labute approximate surface area is 192 Å². The number of fused-ring (bicyclic) bond motifs is 1. The van der Waals surface area contributed by atoms with Crippen molar-refractivity contribution in [3.05, 3.63) is 68.4 Å². The molecule has 0 bridgehead atoms. The number of aromatic nitrogens is 2. The van der Waals surface area contributed by atoms with Crippen LogP contribution in [0.2, 0.25) is 10.0 Å². The molecule has 11 heteroatoms. The first-order valence-electron chi connectivity index (χ1n) is 9.45. The van der Waals surface area contributed by atoms with E-state index in [9.17, 15) is 14.4 Å². The first-order valence-corrected chi connectivity index (χ1v) is 10.2. The largest absolute Gasteiger partial charge is 0.497 e. The fourth-order valence-corrected chi connectivity index (χ4v) is 3.62. The predicted octanol–water partition coefficient (Wildman–Crippen LogP) is 3.89. The number of amides is 2. The van der Waals surface area contributed by atoms with Crippen LogP contribution in [0.5, 0.6) is 5.75 Å². The Balaban J connectivity index is 1.63. The summed E-state index contributed by atoms with van der Waals surface area (Å²) < 4.78 is 5.11. The highest BCUT2D eigenvalue weighted by Crippen LogP contribution is 2.32. The van der Waals surface area contributed by atoms with Gasteiger partial charge in [-0.1, -0.05) is 23.2 Å². The van der Waals surface area contributed by atoms with Crippen LogP contribution < -0.4 is 26.2 Å². The van der Waals surface area contributed by atoms with Crippen molar-refractivity contribution in [1.82, 2.24) is 9.97 Å². The average Bonchev–Trinajstić information content (AvgIpc) is 2.76. The molecule has 1 atom stereocenters. The van der Waals surface area contributed by atoms with Gasteiger partial charge in [-0.05, 0) is 42.5 Å². The second-order valence-corrected chi connectivity index (χ2v) is 7.79. The highest BCUT2D eigenvalue weighted by molar-refractivity contribution is 6.35. The molecule has 2 heterocycles. The topological polar surface area (TPSA) is 125 Å². The van der Waals surface area contributed by atoms with E-state index in [1.165, 1.54) is 12.1 Å². The zero-order chi connectivity index (χ0) is 22.8. The number of hydrogen-bond donors (Lipinski definition) is 4. The van der Waals surface area contributed by atoms with Crippen molar-refractivity contribution in [3.63, 3.8) is 0 Å². The lowest BCUT2D eigenvalue weighted by atomic mass is 9.92. The van der Waals surface area contributed by atoms with Gasteiger partial charge < -0.3 is 20.7 Å². The number of carbonyl (C=O) groups excluding carboxylic acids is 2. The molecule has 4 N–H and O–H groups in total. The molecule has 9 nitrogen and oxygen atoms in total. The zero-order valence-electron chi connectivity index (χ0n) is 16.7. The minimum absolute atomic E-state index is 0.0124. The van der Waals surface area contributed by atoms with Crippen molar-refractivity contribution in [2.24, 2.45) is 0 Å². The average molecular weight is 474 g/mol. The fraction of sp³-hybridized carbons (Fsp3) is 0.143. The maximum atomic E-state index is 12.9. The molecule has 0 spiro atoms. The van der Waals surface area contributed by atoms with Gasteiger partial charge in [-0.15, -0.1) is 0 Å². The number of nitrogens with zero attached hydrogens (tertiary/aromatic N) is 1. The van der Waals surface area contributed by atoms with Crippen LogP contribution in [0.15, 0.2) is 47.3 Å². The van der Waals surface area contributed by atoms with Crippen molar-refractivity contribution in [2.75, 3.05) is 23.1 Å². The maximum Gasteiger partial charge on any atom is 0.258 e. The van der Waals surface area contributed by atoms with Gasteiger partial charge in [0.15, 0.2) is 0 Å². The molecule has 4 rings (SSSR count). The molecule has 1 aliphatic heterocycles. The summed E-state index contributed by atoms with van der Waals surface area (Å²) in [5.41, 5.74) is 0.420. The molecule has 0 unspecified atom stereocenters. The third kappa shape index (κ3) is 4.53. The second kappa shape index (κ2) is 8.89. The molecular weight excluding hydrogens is 457 g/mol. The van der Waals surface area contributed by atoms with Crippen LogP contribution in [0, 0.1) is 0 Å². The van der Waals surface area contributed by atoms with Gasteiger partial charge in [0.05, 0.1) is 29.3 Å². The predicted molar refractivity (Wildman–Crippen MR) is 122 cm³/mol. The molecule has 0 radical (unpaired) electrons. The minimum Gasteiger partial charge on any atom is -0.497 e. The normalized spacial score (nSPS) is 14.8. The molecule has 0 fully saturated rings. The van der Waals surface area contributed by atoms with Crippen molar-refractivity contribution in [2.45, 2.75) is 12.3 Å². The molecule has 2 aromatic carbocycles. The maximum absolute atomic E-state index is 12.9. The summed E-state index contributed by atoms with van der Waals surface area (Å²) in [6, 6.07) is 11.5. The van der Waals surface area contributed by atoms with Gasteiger partial charge in [0.2, 0.25) is 17.8 Å². The Morgan fingerprint density at radius 3 is 2.62 bits per heavy atom. The summed E-state index contributed by atoms with van der Waals surface area (Å²) in [4.78, 5) is 44.9. The molecule has 2 amide bonds. The number of ether oxygens (including phenoxy) is 1. The fourth-order valence-electron chi connectivity index (χ4n) is 3.28. The number of nitrogens with one attached hydrogen (secondary N) is 4. The SMILES string of the molecule is COc1ccc(Nc2nc3c(c(=O)[nH]2)[C@@H](C(=O)Nc2cc(Cl)ccc2Cl)CC(=O)N3)cc1. The van der Waals surface area contributed by atoms with Crippen LogP contribution >= 0.6 is 23.2 Å². The van der Waals surface area contributed by atoms with Crippen molar-refractivity contribution in [3.8, 4) is 5.75 Å². The van der Waals surface area contributed by atoms with Gasteiger partial charge in [0, 0.05) is 17.1 Å². The first-order chi connectivity index (χ1) is 15.3. The van der Waals surface area contributed by atoms with Crippen LogP contribution in [0.25, 0.3) is 0 Å². The van der Waals surface area contributed by atoms with Gasteiger partial charge in [-0.3, -0.25) is 19.4 Å². The van der Waals surface area contributed by atoms with E-state index in [-0.39, 0.29) is 34.5 Å². The standard InChI is InChI=1S/C21H17Cl2N5O4/c1-32-12-5-3-11(4-6-12)24-21-27-18-17(20(31)28-21)13(9-16(29)26-18)19(30)25-15-8-10(22)2-7-14(15)23/h2-8,13H,9H2,1H3,(H,25,30)(H3,24,26,27,28,29,31)/t13-/m0/s1. The Bertz CT molecular complexity index is 1260. The van der Waals surface area contributed by atoms with Crippen LogP contribution in [-0.2, 0) is 9.59 Å². The van der Waals surface area contributed by atoms with Crippen LogP contribution in [-0.4, -0.2) is 28.9 Å². The van der Waals surface area contributed by atoms with E-state index in [0.29, 0.717) is 16.5 Å². The quantitative estimate of drug-likeness (QED) is 0.445. The summed E-state index contributed by atoms with van der Waals surface area (Å²) in [6.07, 6.45) is -0.215.